The average Bonchev–Trinajstić information content (AvgIpc) is 2.41. The van der Waals surface area contributed by atoms with Crippen LogP contribution < -0.4 is 0 Å². The predicted octanol–water partition coefficient (Wildman–Crippen LogP) is 3.75. The monoisotopic (exact) mass is 355 g/mol. The third kappa shape index (κ3) is 3.18. The molecule has 4 aliphatic carbocycles. The summed E-state index contributed by atoms with van der Waals surface area (Å²) in [5.41, 5.74) is -0.438. The Balaban J connectivity index is 1.64. The molecule has 4 bridgehead atoms. The number of amides is 1. The molecule has 136 valence electrons. The Kier molecular flexibility index (Phi) is 4.65. The molecule has 0 spiro atoms. The highest BCUT2D eigenvalue weighted by Gasteiger charge is 2.60. The van der Waals surface area contributed by atoms with Crippen molar-refractivity contribution in [1.82, 2.24) is 4.90 Å². The lowest BCUT2D eigenvalue weighted by Gasteiger charge is -2.58. The van der Waals surface area contributed by atoms with Gasteiger partial charge in [0.2, 0.25) is 0 Å². The summed E-state index contributed by atoms with van der Waals surface area (Å²) in [7, 11) is 0. The van der Waals surface area contributed by atoms with Crippen LogP contribution in [0.4, 0.5) is 0 Å². The average molecular weight is 356 g/mol. The number of carbonyl (C=O) groups is 2. The first-order valence-corrected chi connectivity index (χ1v) is 9.69. The first kappa shape index (κ1) is 18.0. The Morgan fingerprint density at radius 2 is 1.62 bits per heavy atom. The zero-order valence-electron chi connectivity index (χ0n) is 15.3. The second-order valence-corrected chi connectivity index (χ2v) is 9.76. The van der Waals surface area contributed by atoms with E-state index in [0.29, 0.717) is 11.8 Å². The minimum Gasteiger partial charge on any atom is -0.455 e. The van der Waals surface area contributed by atoms with E-state index < -0.39 is 5.41 Å². The molecule has 4 saturated carbocycles. The van der Waals surface area contributed by atoms with E-state index in [1.807, 2.05) is 27.7 Å². The van der Waals surface area contributed by atoms with Crippen molar-refractivity contribution in [2.45, 2.75) is 83.2 Å². The first-order chi connectivity index (χ1) is 11.1. The molecule has 0 aromatic rings. The Morgan fingerprint density at radius 3 is 2.08 bits per heavy atom. The first-order valence-electron chi connectivity index (χ1n) is 9.31. The van der Waals surface area contributed by atoms with Crippen LogP contribution in [0.25, 0.3) is 0 Å². The van der Waals surface area contributed by atoms with Gasteiger partial charge in [0.05, 0.1) is 5.41 Å². The maximum atomic E-state index is 12.9. The van der Waals surface area contributed by atoms with E-state index >= 15 is 0 Å². The molecule has 0 unspecified atom stereocenters. The number of hydrogen-bond acceptors (Lipinski definition) is 3. The lowest BCUT2D eigenvalue weighted by molar-refractivity contribution is -0.173. The highest BCUT2D eigenvalue weighted by Crippen LogP contribution is 2.64. The summed E-state index contributed by atoms with van der Waals surface area (Å²) in [6, 6.07) is 0.198. The van der Waals surface area contributed by atoms with E-state index in [9.17, 15) is 9.59 Å². The highest BCUT2D eigenvalue weighted by molar-refractivity contribution is 6.24. The smallest absolute Gasteiger partial charge is 0.312 e. The van der Waals surface area contributed by atoms with Crippen LogP contribution in [0, 0.1) is 17.3 Å². The van der Waals surface area contributed by atoms with Crippen molar-refractivity contribution < 1.29 is 14.3 Å². The zero-order valence-corrected chi connectivity index (χ0v) is 16.1. The molecule has 2 atom stereocenters. The summed E-state index contributed by atoms with van der Waals surface area (Å²) in [5.74, 6) is 0.797. The molecule has 1 amide bonds. The van der Waals surface area contributed by atoms with E-state index in [1.165, 1.54) is 6.42 Å². The molecule has 0 aromatic carbocycles. The maximum Gasteiger partial charge on any atom is 0.312 e. The van der Waals surface area contributed by atoms with Crippen molar-refractivity contribution in [1.29, 1.82) is 0 Å². The topological polar surface area (TPSA) is 46.6 Å². The number of hydrogen-bond donors (Lipinski definition) is 0. The number of alkyl halides is 1. The Bertz CT molecular complexity index is 509. The number of rotatable bonds is 5. The molecule has 0 radical (unpaired) electrons. The van der Waals surface area contributed by atoms with Crippen LogP contribution in [0.2, 0.25) is 0 Å². The van der Waals surface area contributed by atoms with Crippen LogP contribution >= 0.6 is 11.6 Å². The van der Waals surface area contributed by atoms with Crippen LogP contribution in [-0.4, -0.2) is 40.3 Å². The van der Waals surface area contributed by atoms with Gasteiger partial charge in [-0.3, -0.25) is 9.59 Å². The fourth-order valence-corrected chi connectivity index (χ4v) is 6.61. The molecule has 0 aliphatic heterocycles. The van der Waals surface area contributed by atoms with Gasteiger partial charge < -0.3 is 9.64 Å². The van der Waals surface area contributed by atoms with Gasteiger partial charge in [0.1, 0.15) is 0 Å². The van der Waals surface area contributed by atoms with Gasteiger partial charge in [-0.15, -0.1) is 11.6 Å². The van der Waals surface area contributed by atoms with Gasteiger partial charge in [0, 0.05) is 17.0 Å². The summed E-state index contributed by atoms with van der Waals surface area (Å²) in [5, 5.41) is 0. The van der Waals surface area contributed by atoms with Gasteiger partial charge in [-0.2, -0.15) is 0 Å². The lowest BCUT2D eigenvalue weighted by Crippen LogP contribution is -2.56. The summed E-state index contributed by atoms with van der Waals surface area (Å²) in [6.45, 7) is 7.78. The van der Waals surface area contributed by atoms with Crippen LogP contribution in [-0.2, 0) is 14.3 Å². The molecule has 24 heavy (non-hydrogen) atoms. The normalized spacial score (nSPS) is 37.1. The Labute approximate surface area is 150 Å². The van der Waals surface area contributed by atoms with Gasteiger partial charge in [-0.1, -0.05) is 0 Å². The fourth-order valence-electron chi connectivity index (χ4n) is 5.92. The van der Waals surface area contributed by atoms with Gasteiger partial charge in [-0.25, -0.2) is 0 Å². The van der Waals surface area contributed by atoms with Crippen molar-refractivity contribution in [3.8, 4) is 0 Å². The predicted molar refractivity (Wildman–Crippen MR) is 93.8 cm³/mol. The third-order valence-corrected chi connectivity index (χ3v) is 6.59. The van der Waals surface area contributed by atoms with E-state index in [0.717, 1.165) is 32.1 Å². The van der Waals surface area contributed by atoms with E-state index in [2.05, 4.69) is 0 Å². The summed E-state index contributed by atoms with van der Waals surface area (Å²) in [4.78, 5) is 26.9. The van der Waals surface area contributed by atoms with Crippen LogP contribution in [0.1, 0.15) is 66.2 Å². The third-order valence-electron chi connectivity index (χ3n) is 6.15. The zero-order chi connectivity index (χ0) is 17.7. The van der Waals surface area contributed by atoms with E-state index in [-0.39, 0.29) is 35.4 Å². The van der Waals surface area contributed by atoms with Gasteiger partial charge in [0.15, 0.2) is 6.61 Å². The summed E-state index contributed by atoms with van der Waals surface area (Å²) < 4.78 is 5.53. The quantitative estimate of drug-likeness (QED) is 0.557. The molecular formula is C19H30ClNO3. The number of nitrogens with zero attached hydrogens (tertiary/aromatic N) is 1. The standard InChI is InChI=1S/C19H30ClNO3/c1-12(2)21(13(3)4)16(22)10-24-17(23)18-6-14-5-15(7-18)9-19(20,8-14)11-18/h12-15H,5-11H2,1-4H3/t14-,15-,18?,19?/m0/s1. The molecule has 4 fully saturated rings. The molecule has 4 nitrogen and oxygen atoms in total. The highest BCUT2D eigenvalue weighted by atomic mass is 35.5. The van der Waals surface area contributed by atoms with E-state index in [1.54, 1.807) is 4.90 Å². The largest absolute Gasteiger partial charge is 0.455 e. The van der Waals surface area contributed by atoms with Crippen LogP contribution in [0.15, 0.2) is 0 Å². The molecular weight excluding hydrogens is 326 g/mol. The van der Waals surface area contributed by atoms with Crippen molar-refractivity contribution in [2.24, 2.45) is 17.3 Å². The molecule has 4 aliphatic rings. The van der Waals surface area contributed by atoms with Crippen molar-refractivity contribution in [2.75, 3.05) is 6.61 Å². The number of ether oxygens (including phenoxy) is 1. The van der Waals surface area contributed by atoms with Crippen LogP contribution in [0.5, 0.6) is 0 Å². The van der Waals surface area contributed by atoms with Gasteiger partial charge in [-0.05, 0) is 78.1 Å². The van der Waals surface area contributed by atoms with Crippen molar-refractivity contribution in [3.05, 3.63) is 0 Å². The van der Waals surface area contributed by atoms with Crippen molar-refractivity contribution >= 4 is 23.5 Å². The SMILES string of the molecule is CC(C)N(C(=O)COC(=O)C12C[C@@H]3C[C@H](CC(Cl)(C3)C1)C2)C(C)C. The van der Waals surface area contributed by atoms with Gasteiger partial charge in [0.25, 0.3) is 5.91 Å². The lowest BCUT2D eigenvalue weighted by atomic mass is 9.49. The Hall–Kier alpha value is -0.770. The molecule has 5 heteroatoms. The van der Waals surface area contributed by atoms with Gasteiger partial charge >= 0.3 is 5.97 Å². The van der Waals surface area contributed by atoms with E-state index in [4.69, 9.17) is 16.3 Å². The van der Waals surface area contributed by atoms with Crippen LogP contribution in [0.3, 0.4) is 0 Å². The second-order valence-electron chi connectivity index (χ2n) is 8.96. The minimum atomic E-state index is -0.438. The molecule has 0 saturated heterocycles. The molecule has 0 heterocycles. The second kappa shape index (κ2) is 6.19. The fraction of sp³-hybridized carbons (Fsp3) is 0.895. The maximum absolute atomic E-state index is 12.9. The molecule has 4 rings (SSSR count). The molecule has 0 N–H and O–H groups in total. The molecule has 0 aromatic heterocycles. The summed E-state index contributed by atoms with van der Waals surface area (Å²) >= 11 is 6.78. The Morgan fingerprint density at radius 1 is 1.08 bits per heavy atom. The summed E-state index contributed by atoms with van der Waals surface area (Å²) in [6.07, 6.45) is 5.78. The number of carbonyl (C=O) groups excluding carboxylic acids is 2. The number of halogens is 1. The number of esters is 1. The van der Waals surface area contributed by atoms with Crippen molar-refractivity contribution in [3.63, 3.8) is 0 Å². The minimum absolute atomic E-state index is 0.0989.